The number of nitrogens with zero attached hydrogens (tertiary/aromatic N) is 3. The van der Waals surface area contributed by atoms with Gasteiger partial charge in [-0.2, -0.15) is 0 Å². The van der Waals surface area contributed by atoms with Crippen LogP contribution in [0.25, 0.3) is 0 Å². The van der Waals surface area contributed by atoms with Crippen molar-refractivity contribution in [2.24, 2.45) is 7.05 Å². The second-order valence-electron chi connectivity index (χ2n) is 10.3. The molecule has 3 aromatic rings. The number of aromatic nitrogens is 1. The van der Waals surface area contributed by atoms with Crippen LogP contribution in [0.2, 0.25) is 0 Å². The molecule has 1 aromatic heterocycles. The minimum absolute atomic E-state index is 0.0304. The highest BCUT2D eigenvalue weighted by molar-refractivity contribution is 5.97. The van der Waals surface area contributed by atoms with Gasteiger partial charge in [-0.25, -0.2) is 0 Å². The van der Waals surface area contributed by atoms with Crippen molar-refractivity contribution in [3.63, 3.8) is 0 Å². The molecule has 2 aromatic carbocycles. The van der Waals surface area contributed by atoms with Crippen molar-refractivity contribution in [3.8, 4) is 0 Å². The summed E-state index contributed by atoms with van der Waals surface area (Å²) in [6.45, 7) is 7.59. The highest BCUT2D eigenvalue weighted by atomic mass is 16.2. The first kappa shape index (κ1) is 23.8. The molecule has 4 rings (SSSR count). The summed E-state index contributed by atoms with van der Waals surface area (Å²) in [5.74, 6) is -0.0912. The summed E-state index contributed by atoms with van der Waals surface area (Å²) < 4.78 is 2.03. The number of amides is 2. The van der Waals surface area contributed by atoms with E-state index in [4.69, 9.17) is 0 Å². The Kier molecular flexibility index (Phi) is 6.92. The molecular weight excluding hydrogens is 422 g/mol. The van der Waals surface area contributed by atoms with Crippen molar-refractivity contribution in [2.45, 2.75) is 58.2 Å². The Morgan fingerprint density at radius 3 is 2.15 bits per heavy atom. The zero-order valence-electron chi connectivity index (χ0n) is 20.7. The van der Waals surface area contributed by atoms with E-state index >= 15 is 0 Å². The molecule has 0 atom stereocenters. The molecule has 5 nitrogen and oxygen atoms in total. The molecule has 0 aliphatic heterocycles. The van der Waals surface area contributed by atoms with E-state index < -0.39 is 0 Å². The molecule has 1 fully saturated rings. The molecule has 2 amide bonds. The Morgan fingerprint density at radius 1 is 0.912 bits per heavy atom. The molecule has 0 unspecified atom stereocenters. The number of benzene rings is 2. The average Bonchev–Trinajstić information content (AvgIpc) is 3.58. The predicted molar refractivity (Wildman–Crippen MR) is 135 cm³/mol. The molecule has 0 bridgehead atoms. The molecular formula is C29H35N3O2. The smallest absolute Gasteiger partial charge is 0.254 e. The second-order valence-corrected chi connectivity index (χ2v) is 10.3. The molecule has 1 aliphatic carbocycles. The van der Waals surface area contributed by atoms with Gasteiger partial charge in [-0.1, -0.05) is 63.2 Å². The van der Waals surface area contributed by atoms with Gasteiger partial charge in [0.25, 0.3) is 5.91 Å². The van der Waals surface area contributed by atoms with Crippen molar-refractivity contribution in [1.82, 2.24) is 14.4 Å². The fourth-order valence-electron chi connectivity index (χ4n) is 4.17. The average molecular weight is 458 g/mol. The number of hydrogen-bond acceptors (Lipinski definition) is 2. The van der Waals surface area contributed by atoms with Crippen molar-refractivity contribution in [2.75, 3.05) is 6.54 Å². The molecule has 0 radical (unpaired) electrons. The summed E-state index contributed by atoms with van der Waals surface area (Å²) in [6, 6.07) is 22.0. The normalized spacial score (nSPS) is 13.5. The van der Waals surface area contributed by atoms with Crippen molar-refractivity contribution in [1.29, 1.82) is 0 Å². The van der Waals surface area contributed by atoms with Crippen LogP contribution in [0.4, 0.5) is 0 Å². The highest BCUT2D eigenvalue weighted by Gasteiger charge is 2.35. The molecule has 1 saturated carbocycles. The molecule has 0 N–H and O–H groups in total. The Bertz CT molecular complexity index is 1120. The van der Waals surface area contributed by atoms with Crippen LogP contribution in [0.5, 0.6) is 0 Å². The summed E-state index contributed by atoms with van der Waals surface area (Å²) in [5.41, 5.74) is 4.00. The lowest BCUT2D eigenvalue weighted by Gasteiger charge is -2.28. The van der Waals surface area contributed by atoms with Gasteiger partial charge in [0.1, 0.15) is 6.54 Å². The Labute approximate surface area is 203 Å². The second kappa shape index (κ2) is 9.88. The SMILES string of the molecule is Cn1cccc1CN(Cc1ccccc1)C(=O)CN(C(=O)c1ccc(C(C)(C)C)cc1)C1CC1. The lowest BCUT2D eigenvalue weighted by Crippen LogP contribution is -2.43. The van der Waals surface area contributed by atoms with E-state index in [0.717, 1.165) is 24.1 Å². The van der Waals surface area contributed by atoms with Gasteiger partial charge < -0.3 is 14.4 Å². The summed E-state index contributed by atoms with van der Waals surface area (Å²) in [5, 5.41) is 0. The number of carbonyl (C=O) groups is 2. The summed E-state index contributed by atoms with van der Waals surface area (Å²) in [7, 11) is 1.99. The van der Waals surface area contributed by atoms with Crippen LogP contribution >= 0.6 is 0 Å². The molecule has 1 heterocycles. The standard InChI is InChI=1S/C29H35N3O2/c1-29(2,3)24-14-12-23(13-15-24)28(34)32(25-16-17-25)21-27(33)31(19-22-9-6-5-7-10-22)20-26-11-8-18-30(26)4/h5-15,18,25H,16-17,19-21H2,1-4H3. The van der Waals surface area contributed by atoms with Gasteiger partial charge in [-0.15, -0.1) is 0 Å². The van der Waals surface area contributed by atoms with E-state index in [1.165, 1.54) is 5.56 Å². The van der Waals surface area contributed by atoms with E-state index in [2.05, 4.69) is 20.8 Å². The van der Waals surface area contributed by atoms with E-state index in [9.17, 15) is 9.59 Å². The van der Waals surface area contributed by atoms with Gasteiger partial charge in [0.2, 0.25) is 5.91 Å². The minimum atomic E-state index is -0.0603. The molecule has 1 aliphatic rings. The Balaban J connectivity index is 1.53. The van der Waals surface area contributed by atoms with Gasteiger partial charge in [0, 0.05) is 37.1 Å². The third-order valence-electron chi connectivity index (χ3n) is 6.53. The van der Waals surface area contributed by atoms with Gasteiger partial charge in [0.05, 0.1) is 6.54 Å². The van der Waals surface area contributed by atoms with Crippen LogP contribution in [-0.2, 0) is 30.3 Å². The van der Waals surface area contributed by atoms with Crippen LogP contribution in [0.3, 0.4) is 0 Å². The number of rotatable bonds is 8. The van der Waals surface area contributed by atoms with E-state index in [1.54, 1.807) is 4.90 Å². The van der Waals surface area contributed by atoms with E-state index in [1.807, 2.05) is 89.4 Å². The first-order valence-corrected chi connectivity index (χ1v) is 12.1. The van der Waals surface area contributed by atoms with Crippen LogP contribution in [0.15, 0.2) is 72.9 Å². The highest BCUT2D eigenvalue weighted by Crippen LogP contribution is 2.29. The minimum Gasteiger partial charge on any atom is -0.353 e. The van der Waals surface area contributed by atoms with Gasteiger partial charge in [-0.05, 0) is 53.6 Å². The molecule has 34 heavy (non-hydrogen) atoms. The third-order valence-corrected chi connectivity index (χ3v) is 6.53. The van der Waals surface area contributed by atoms with Gasteiger partial charge >= 0.3 is 0 Å². The monoisotopic (exact) mass is 457 g/mol. The Hall–Kier alpha value is -3.34. The van der Waals surface area contributed by atoms with Gasteiger partial charge in [0.15, 0.2) is 0 Å². The van der Waals surface area contributed by atoms with Crippen molar-refractivity contribution < 1.29 is 9.59 Å². The summed E-state index contributed by atoms with van der Waals surface area (Å²) in [6.07, 6.45) is 3.90. The van der Waals surface area contributed by atoms with Crippen molar-refractivity contribution in [3.05, 3.63) is 95.3 Å². The Morgan fingerprint density at radius 2 is 1.59 bits per heavy atom. The predicted octanol–water partition coefficient (Wildman–Crippen LogP) is 5.16. The quantitative estimate of drug-likeness (QED) is 0.469. The topological polar surface area (TPSA) is 45.6 Å². The lowest BCUT2D eigenvalue weighted by atomic mass is 9.86. The lowest BCUT2D eigenvalue weighted by molar-refractivity contribution is -0.133. The first-order chi connectivity index (χ1) is 16.2. The zero-order valence-corrected chi connectivity index (χ0v) is 20.7. The maximum Gasteiger partial charge on any atom is 0.254 e. The maximum atomic E-state index is 13.6. The summed E-state index contributed by atoms with van der Waals surface area (Å²) >= 11 is 0. The zero-order chi connectivity index (χ0) is 24.3. The molecule has 0 saturated heterocycles. The fraction of sp³-hybridized carbons (Fsp3) is 0.379. The number of aryl methyl sites for hydroxylation is 1. The first-order valence-electron chi connectivity index (χ1n) is 12.1. The van der Waals surface area contributed by atoms with Crippen LogP contribution in [0.1, 0.15) is 60.8 Å². The number of carbonyl (C=O) groups excluding carboxylic acids is 2. The van der Waals surface area contributed by atoms with Crippen molar-refractivity contribution >= 4 is 11.8 Å². The fourth-order valence-corrected chi connectivity index (χ4v) is 4.17. The molecule has 0 spiro atoms. The van der Waals surface area contributed by atoms with E-state index in [0.29, 0.717) is 18.7 Å². The molecule has 178 valence electrons. The maximum absolute atomic E-state index is 13.6. The summed E-state index contributed by atoms with van der Waals surface area (Å²) in [4.78, 5) is 30.6. The van der Waals surface area contributed by atoms with E-state index in [-0.39, 0.29) is 29.8 Å². The third kappa shape index (κ3) is 5.77. The molecule has 5 heteroatoms. The largest absolute Gasteiger partial charge is 0.353 e. The van der Waals surface area contributed by atoms with Crippen LogP contribution in [0, 0.1) is 0 Å². The number of hydrogen-bond donors (Lipinski definition) is 0. The van der Waals surface area contributed by atoms with Crippen LogP contribution in [-0.4, -0.2) is 38.8 Å². The van der Waals surface area contributed by atoms with Crippen LogP contribution < -0.4 is 0 Å². The van der Waals surface area contributed by atoms with Gasteiger partial charge in [-0.3, -0.25) is 9.59 Å².